The first kappa shape index (κ1) is 12.6. The zero-order valence-electron chi connectivity index (χ0n) is 12.2. The molecule has 0 amide bonds. The van der Waals surface area contributed by atoms with Crippen LogP contribution in [0.25, 0.3) is 10.9 Å². The molecule has 1 aliphatic carbocycles. The summed E-state index contributed by atoms with van der Waals surface area (Å²) < 4.78 is 4.24. The van der Waals surface area contributed by atoms with Crippen LogP contribution >= 0.6 is 0 Å². The van der Waals surface area contributed by atoms with Gasteiger partial charge in [0, 0.05) is 25.8 Å². The molecular weight excluding hydrogens is 262 g/mol. The van der Waals surface area contributed by atoms with Gasteiger partial charge in [-0.2, -0.15) is 0 Å². The van der Waals surface area contributed by atoms with Gasteiger partial charge in [-0.1, -0.05) is 18.2 Å². The van der Waals surface area contributed by atoms with Crippen LogP contribution in [0.2, 0.25) is 0 Å². The van der Waals surface area contributed by atoms with Gasteiger partial charge in [-0.3, -0.25) is 0 Å². The summed E-state index contributed by atoms with van der Waals surface area (Å²) in [6.45, 7) is 1.69. The van der Waals surface area contributed by atoms with Crippen LogP contribution < -0.4 is 5.32 Å². The first-order valence-electron chi connectivity index (χ1n) is 7.44. The van der Waals surface area contributed by atoms with Gasteiger partial charge >= 0.3 is 0 Å². The van der Waals surface area contributed by atoms with Crippen molar-refractivity contribution >= 4 is 10.9 Å². The second kappa shape index (κ2) is 5.00. The highest BCUT2D eigenvalue weighted by molar-refractivity contribution is 5.83. The van der Waals surface area contributed by atoms with Crippen LogP contribution in [0.3, 0.4) is 0 Å². The van der Waals surface area contributed by atoms with Crippen molar-refractivity contribution in [2.45, 2.75) is 32.0 Å². The fraction of sp³-hybridized carbons (Fsp3) is 0.375. The summed E-state index contributed by atoms with van der Waals surface area (Å²) in [6, 6.07) is 9.42. The van der Waals surface area contributed by atoms with Crippen LogP contribution in [0, 0.1) is 0 Å². The van der Waals surface area contributed by atoms with Crippen molar-refractivity contribution in [3.8, 4) is 0 Å². The second-order valence-corrected chi connectivity index (χ2v) is 5.81. The average molecular weight is 281 g/mol. The number of hydrogen-bond acceptors (Lipinski definition) is 3. The fourth-order valence-electron chi connectivity index (χ4n) is 2.76. The SMILES string of the molecule is Cn1cnnc1Cn1ccc2cccc(CNC3CC3)c21. The molecule has 0 bridgehead atoms. The maximum absolute atomic E-state index is 4.19. The van der Waals surface area contributed by atoms with Crippen LogP contribution in [0.5, 0.6) is 0 Å². The Labute approximate surface area is 123 Å². The normalized spacial score (nSPS) is 14.9. The Balaban J connectivity index is 1.69. The number of para-hydroxylation sites is 1. The predicted molar refractivity (Wildman–Crippen MR) is 81.9 cm³/mol. The summed E-state index contributed by atoms with van der Waals surface area (Å²) in [6.07, 6.45) is 6.52. The van der Waals surface area contributed by atoms with Crippen LogP contribution in [0.4, 0.5) is 0 Å². The second-order valence-electron chi connectivity index (χ2n) is 5.81. The molecule has 3 aromatic rings. The molecule has 0 radical (unpaired) electrons. The quantitative estimate of drug-likeness (QED) is 0.779. The molecule has 1 fully saturated rings. The standard InChI is InChI=1S/C16H19N5/c1-20-11-18-19-15(20)10-21-8-7-12-3-2-4-13(16(12)21)9-17-14-5-6-14/h2-4,7-8,11,14,17H,5-6,9-10H2,1H3. The van der Waals surface area contributed by atoms with E-state index in [-0.39, 0.29) is 0 Å². The van der Waals surface area contributed by atoms with Crippen LogP contribution in [0.15, 0.2) is 36.8 Å². The topological polar surface area (TPSA) is 47.7 Å². The predicted octanol–water partition coefficient (Wildman–Crippen LogP) is 2.07. The molecule has 5 nitrogen and oxygen atoms in total. The summed E-state index contributed by atoms with van der Waals surface area (Å²) >= 11 is 0. The Hall–Kier alpha value is -2.14. The molecule has 1 aromatic carbocycles. The molecule has 4 rings (SSSR count). The van der Waals surface area contributed by atoms with Crippen molar-refractivity contribution in [3.63, 3.8) is 0 Å². The molecule has 0 atom stereocenters. The molecule has 108 valence electrons. The Bertz CT molecular complexity index is 766. The molecular formula is C16H19N5. The van der Waals surface area contributed by atoms with E-state index in [1.807, 2.05) is 11.6 Å². The van der Waals surface area contributed by atoms with E-state index in [1.54, 1.807) is 6.33 Å². The largest absolute Gasteiger partial charge is 0.340 e. The minimum atomic E-state index is 0.724. The Kier molecular flexibility index (Phi) is 3.00. The Morgan fingerprint density at radius 3 is 2.95 bits per heavy atom. The number of rotatable bonds is 5. The van der Waals surface area contributed by atoms with Gasteiger partial charge in [0.05, 0.1) is 12.1 Å². The monoisotopic (exact) mass is 281 g/mol. The molecule has 21 heavy (non-hydrogen) atoms. The van der Waals surface area contributed by atoms with E-state index in [0.717, 1.165) is 25.0 Å². The number of nitrogens with one attached hydrogen (secondary N) is 1. The Morgan fingerprint density at radius 1 is 1.29 bits per heavy atom. The number of benzene rings is 1. The summed E-state index contributed by atoms with van der Waals surface area (Å²) in [5.74, 6) is 0.970. The first-order valence-corrected chi connectivity index (χ1v) is 7.44. The van der Waals surface area contributed by atoms with Gasteiger partial charge < -0.3 is 14.5 Å². The molecule has 2 heterocycles. The zero-order valence-corrected chi connectivity index (χ0v) is 12.2. The van der Waals surface area contributed by atoms with Crippen molar-refractivity contribution in [1.29, 1.82) is 0 Å². The number of nitrogens with zero attached hydrogens (tertiary/aromatic N) is 4. The fourth-order valence-corrected chi connectivity index (χ4v) is 2.76. The summed E-state index contributed by atoms with van der Waals surface area (Å²) in [7, 11) is 1.98. The number of fused-ring (bicyclic) bond motifs is 1. The lowest BCUT2D eigenvalue weighted by Crippen LogP contribution is -2.16. The molecule has 1 saturated carbocycles. The van der Waals surface area contributed by atoms with Crippen LogP contribution in [-0.4, -0.2) is 25.4 Å². The highest BCUT2D eigenvalue weighted by Gasteiger charge is 2.20. The van der Waals surface area contributed by atoms with Crippen molar-refractivity contribution in [3.05, 3.63) is 48.2 Å². The number of aryl methyl sites for hydroxylation is 1. The third-order valence-electron chi connectivity index (χ3n) is 4.15. The lowest BCUT2D eigenvalue weighted by atomic mass is 10.1. The number of hydrogen-bond donors (Lipinski definition) is 1. The van der Waals surface area contributed by atoms with Crippen LogP contribution in [0.1, 0.15) is 24.2 Å². The van der Waals surface area contributed by atoms with Crippen LogP contribution in [-0.2, 0) is 20.1 Å². The summed E-state index contributed by atoms with van der Waals surface area (Å²) in [5.41, 5.74) is 2.65. The van der Waals surface area contributed by atoms with E-state index in [0.29, 0.717) is 0 Å². The summed E-state index contributed by atoms with van der Waals surface area (Å²) in [4.78, 5) is 0. The minimum Gasteiger partial charge on any atom is -0.340 e. The lowest BCUT2D eigenvalue weighted by molar-refractivity contribution is 0.681. The van der Waals surface area contributed by atoms with Gasteiger partial charge in [0.25, 0.3) is 0 Å². The molecule has 5 heteroatoms. The summed E-state index contributed by atoms with van der Waals surface area (Å²) in [5, 5.41) is 13.0. The highest BCUT2D eigenvalue weighted by atomic mass is 15.3. The lowest BCUT2D eigenvalue weighted by Gasteiger charge is -2.10. The van der Waals surface area contributed by atoms with Gasteiger partial charge in [0.1, 0.15) is 6.33 Å². The number of aromatic nitrogens is 4. The van der Waals surface area contributed by atoms with Crippen molar-refractivity contribution < 1.29 is 0 Å². The van der Waals surface area contributed by atoms with E-state index >= 15 is 0 Å². The van der Waals surface area contributed by atoms with E-state index in [4.69, 9.17) is 0 Å². The maximum atomic E-state index is 4.19. The zero-order chi connectivity index (χ0) is 14.2. The third-order valence-corrected chi connectivity index (χ3v) is 4.15. The third kappa shape index (κ3) is 2.45. The van der Waals surface area contributed by atoms with E-state index in [2.05, 4.69) is 50.5 Å². The van der Waals surface area contributed by atoms with Crippen molar-refractivity contribution in [2.75, 3.05) is 0 Å². The average Bonchev–Trinajstić information content (AvgIpc) is 3.11. The molecule has 0 spiro atoms. The van der Waals surface area contributed by atoms with Crippen molar-refractivity contribution in [1.82, 2.24) is 24.6 Å². The maximum Gasteiger partial charge on any atom is 0.152 e. The molecule has 0 unspecified atom stereocenters. The molecule has 0 aliphatic heterocycles. The van der Waals surface area contributed by atoms with E-state index in [1.165, 1.54) is 29.3 Å². The highest BCUT2D eigenvalue weighted by Crippen LogP contribution is 2.24. The van der Waals surface area contributed by atoms with E-state index < -0.39 is 0 Å². The molecule has 1 N–H and O–H groups in total. The minimum absolute atomic E-state index is 0.724. The van der Waals surface area contributed by atoms with E-state index in [9.17, 15) is 0 Å². The first-order chi connectivity index (χ1) is 10.3. The van der Waals surface area contributed by atoms with Gasteiger partial charge in [-0.15, -0.1) is 10.2 Å². The molecule has 2 aromatic heterocycles. The van der Waals surface area contributed by atoms with Gasteiger partial charge in [0.2, 0.25) is 0 Å². The smallest absolute Gasteiger partial charge is 0.152 e. The van der Waals surface area contributed by atoms with Gasteiger partial charge in [-0.25, -0.2) is 0 Å². The molecule has 0 saturated heterocycles. The van der Waals surface area contributed by atoms with Gasteiger partial charge in [-0.05, 0) is 29.9 Å². The molecule has 1 aliphatic rings. The Morgan fingerprint density at radius 2 is 2.19 bits per heavy atom. The van der Waals surface area contributed by atoms with Crippen molar-refractivity contribution in [2.24, 2.45) is 7.05 Å². The van der Waals surface area contributed by atoms with Gasteiger partial charge in [0.15, 0.2) is 5.82 Å².